The van der Waals surface area contributed by atoms with Crippen LogP contribution in [0.1, 0.15) is 33.3 Å². The van der Waals surface area contributed by atoms with Crippen LogP contribution < -0.4 is 5.32 Å². The summed E-state index contributed by atoms with van der Waals surface area (Å²) >= 11 is 0. The van der Waals surface area contributed by atoms with E-state index in [9.17, 15) is 14.0 Å². The molecule has 1 N–H and O–H groups in total. The van der Waals surface area contributed by atoms with Crippen molar-refractivity contribution in [2.45, 2.75) is 13.8 Å². The summed E-state index contributed by atoms with van der Waals surface area (Å²) in [6.45, 7) is 3.63. The number of aryl methyl sites for hydroxylation is 2. The average Bonchev–Trinajstić information content (AvgIpc) is 2.95. The number of hydrogen-bond donors (Lipinski definition) is 1. The van der Waals surface area contributed by atoms with Crippen LogP contribution in [0.4, 0.5) is 10.2 Å². The third-order valence-corrected chi connectivity index (χ3v) is 3.81. The Morgan fingerprint density at radius 1 is 1.27 bits per heavy atom. The zero-order chi connectivity index (χ0) is 18.8. The number of nitrogens with one attached hydrogen (secondary N) is 1. The van der Waals surface area contributed by atoms with Gasteiger partial charge in [0.2, 0.25) is 0 Å². The molecule has 134 valence electrons. The number of halogens is 1. The number of carbonyl (C=O) groups excluding carboxylic acids is 2. The lowest BCUT2D eigenvalue weighted by Crippen LogP contribution is -2.18. The minimum Gasteiger partial charge on any atom is -0.462 e. The molecule has 0 saturated carbocycles. The van der Waals surface area contributed by atoms with E-state index in [1.807, 2.05) is 0 Å². The number of benzene rings is 1. The molecule has 7 nitrogen and oxygen atoms in total. The Morgan fingerprint density at radius 2 is 2.04 bits per heavy atom. The van der Waals surface area contributed by atoms with Crippen molar-refractivity contribution in [2.24, 2.45) is 7.05 Å². The van der Waals surface area contributed by atoms with Crippen LogP contribution in [0.2, 0.25) is 0 Å². The van der Waals surface area contributed by atoms with Gasteiger partial charge in [0.25, 0.3) is 5.91 Å². The summed E-state index contributed by atoms with van der Waals surface area (Å²) in [4.78, 5) is 29.1. The second-order valence-electron chi connectivity index (χ2n) is 5.68. The van der Waals surface area contributed by atoms with Crippen molar-refractivity contribution in [3.8, 4) is 0 Å². The molecular weight excluding hydrogens is 339 g/mol. The predicted octanol–water partition coefficient (Wildman–Crippen LogP) is 2.84. The predicted molar refractivity (Wildman–Crippen MR) is 93.6 cm³/mol. The number of pyridine rings is 1. The highest BCUT2D eigenvalue weighted by Crippen LogP contribution is 2.22. The quantitative estimate of drug-likeness (QED) is 0.727. The fraction of sp³-hybridized carbons (Fsp3) is 0.222. The maximum absolute atomic E-state index is 13.6. The molecule has 0 radical (unpaired) electrons. The molecule has 1 aromatic carbocycles. The van der Waals surface area contributed by atoms with Crippen LogP contribution in [0.15, 0.2) is 30.5 Å². The van der Waals surface area contributed by atoms with Gasteiger partial charge in [-0.05, 0) is 38.1 Å². The Labute approximate surface area is 148 Å². The van der Waals surface area contributed by atoms with E-state index in [-0.39, 0.29) is 23.6 Å². The topological polar surface area (TPSA) is 86.1 Å². The van der Waals surface area contributed by atoms with E-state index in [4.69, 9.17) is 4.74 Å². The van der Waals surface area contributed by atoms with E-state index in [1.54, 1.807) is 27.0 Å². The van der Waals surface area contributed by atoms with Gasteiger partial charge in [0.05, 0.1) is 23.9 Å². The van der Waals surface area contributed by atoms with Crippen molar-refractivity contribution in [3.05, 3.63) is 53.1 Å². The number of amides is 1. The second-order valence-corrected chi connectivity index (χ2v) is 5.68. The number of rotatable bonds is 4. The summed E-state index contributed by atoms with van der Waals surface area (Å²) < 4.78 is 20.0. The molecule has 0 aliphatic carbocycles. The molecule has 2 heterocycles. The Balaban J connectivity index is 2.02. The average molecular weight is 356 g/mol. The number of carbonyl (C=O) groups is 2. The molecule has 0 fully saturated rings. The molecule has 1 amide bonds. The summed E-state index contributed by atoms with van der Waals surface area (Å²) in [5.41, 5.74) is 1.52. The molecule has 0 spiro atoms. The third-order valence-electron chi connectivity index (χ3n) is 3.81. The first-order valence-corrected chi connectivity index (χ1v) is 7.98. The van der Waals surface area contributed by atoms with E-state index in [0.717, 1.165) is 0 Å². The molecular formula is C18H17FN4O3. The molecule has 2 aromatic heterocycles. The van der Waals surface area contributed by atoms with E-state index >= 15 is 0 Å². The first kappa shape index (κ1) is 17.5. The van der Waals surface area contributed by atoms with Gasteiger partial charge in [-0.3, -0.25) is 14.5 Å². The standard InChI is InChI=1S/C18H17FN4O3/c1-4-26-18(25)14-9-20-23(3)16(14)22-17(24)13-7-10(2)21-15-6-5-11(19)8-12(13)15/h5-9H,4H2,1-3H3,(H,22,24). The Kier molecular flexibility index (Phi) is 4.66. The number of aromatic nitrogens is 3. The molecule has 8 heteroatoms. The van der Waals surface area contributed by atoms with Crippen LogP contribution in [0.5, 0.6) is 0 Å². The molecule has 0 unspecified atom stereocenters. The van der Waals surface area contributed by atoms with Gasteiger partial charge in [0.1, 0.15) is 17.2 Å². The zero-order valence-corrected chi connectivity index (χ0v) is 14.5. The maximum Gasteiger partial charge on any atom is 0.343 e. The van der Waals surface area contributed by atoms with Crippen molar-refractivity contribution >= 4 is 28.6 Å². The summed E-state index contributed by atoms with van der Waals surface area (Å²) in [5.74, 6) is -1.35. The van der Waals surface area contributed by atoms with Gasteiger partial charge < -0.3 is 10.1 Å². The van der Waals surface area contributed by atoms with Gasteiger partial charge in [0, 0.05) is 18.1 Å². The van der Waals surface area contributed by atoms with Gasteiger partial charge in [-0.25, -0.2) is 9.18 Å². The molecule has 3 aromatic rings. The van der Waals surface area contributed by atoms with E-state index in [1.165, 1.54) is 29.1 Å². The fourth-order valence-electron chi connectivity index (χ4n) is 2.64. The minimum absolute atomic E-state index is 0.143. The van der Waals surface area contributed by atoms with Gasteiger partial charge >= 0.3 is 5.97 Å². The first-order chi connectivity index (χ1) is 12.4. The van der Waals surface area contributed by atoms with Gasteiger partial charge in [0.15, 0.2) is 0 Å². The molecule has 0 bridgehead atoms. The summed E-state index contributed by atoms with van der Waals surface area (Å²) in [5, 5.41) is 7.04. The zero-order valence-electron chi connectivity index (χ0n) is 14.5. The Hall–Kier alpha value is -3.29. The summed E-state index contributed by atoms with van der Waals surface area (Å²) in [6, 6.07) is 5.63. The van der Waals surface area contributed by atoms with E-state index in [0.29, 0.717) is 16.6 Å². The number of hydrogen-bond acceptors (Lipinski definition) is 5. The number of nitrogens with zero attached hydrogens (tertiary/aromatic N) is 3. The number of fused-ring (bicyclic) bond motifs is 1. The highest BCUT2D eigenvalue weighted by molar-refractivity contribution is 6.13. The monoisotopic (exact) mass is 356 g/mol. The first-order valence-electron chi connectivity index (χ1n) is 7.98. The highest BCUT2D eigenvalue weighted by Gasteiger charge is 2.21. The van der Waals surface area contributed by atoms with Gasteiger partial charge in [-0.1, -0.05) is 0 Å². The Morgan fingerprint density at radius 3 is 2.77 bits per heavy atom. The minimum atomic E-state index is -0.585. The summed E-state index contributed by atoms with van der Waals surface area (Å²) in [6.07, 6.45) is 1.32. The van der Waals surface area contributed by atoms with Crippen molar-refractivity contribution in [1.82, 2.24) is 14.8 Å². The number of esters is 1. The molecule has 3 rings (SSSR count). The van der Waals surface area contributed by atoms with Crippen LogP contribution in [0, 0.1) is 12.7 Å². The fourth-order valence-corrected chi connectivity index (χ4v) is 2.64. The van der Waals surface area contributed by atoms with E-state index < -0.39 is 17.7 Å². The van der Waals surface area contributed by atoms with Crippen molar-refractivity contribution in [1.29, 1.82) is 0 Å². The van der Waals surface area contributed by atoms with Gasteiger partial charge in [-0.15, -0.1) is 0 Å². The molecule has 0 aliphatic rings. The molecule has 26 heavy (non-hydrogen) atoms. The lowest BCUT2D eigenvalue weighted by molar-refractivity contribution is 0.0527. The Bertz CT molecular complexity index is 1010. The van der Waals surface area contributed by atoms with E-state index in [2.05, 4.69) is 15.4 Å². The lowest BCUT2D eigenvalue weighted by atomic mass is 10.1. The van der Waals surface area contributed by atoms with Crippen LogP contribution in [0.25, 0.3) is 10.9 Å². The maximum atomic E-state index is 13.6. The molecule has 0 aliphatic heterocycles. The SMILES string of the molecule is CCOC(=O)c1cnn(C)c1NC(=O)c1cc(C)nc2ccc(F)cc12. The highest BCUT2D eigenvalue weighted by atomic mass is 19.1. The smallest absolute Gasteiger partial charge is 0.343 e. The normalized spacial score (nSPS) is 10.8. The largest absolute Gasteiger partial charge is 0.462 e. The van der Waals surface area contributed by atoms with Crippen molar-refractivity contribution in [2.75, 3.05) is 11.9 Å². The van der Waals surface area contributed by atoms with Crippen LogP contribution in [-0.2, 0) is 11.8 Å². The van der Waals surface area contributed by atoms with Crippen LogP contribution in [0.3, 0.4) is 0 Å². The van der Waals surface area contributed by atoms with Crippen LogP contribution in [-0.4, -0.2) is 33.2 Å². The summed E-state index contributed by atoms with van der Waals surface area (Å²) in [7, 11) is 1.59. The van der Waals surface area contributed by atoms with Crippen LogP contribution >= 0.6 is 0 Å². The van der Waals surface area contributed by atoms with Crippen molar-refractivity contribution < 1.29 is 18.7 Å². The van der Waals surface area contributed by atoms with Crippen molar-refractivity contribution in [3.63, 3.8) is 0 Å². The second kappa shape index (κ2) is 6.91. The van der Waals surface area contributed by atoms with Gasteiger partial charge in [-0.2, -0.15) is 5.10 Å². The molecule has 0 atom stereocenters. The third kappa shape index (κ3) is 3.26. The number of ether oxygens (including phenoxy) is 1. The molecule has 0 saturated heterocycles. The lowest BCUT2D eigenvalue weighted by Gasteiger charge is -2.11. The number of anilines is 1.